The first kappa shape index (κ1) is 21.5. The van der Waals surface area contributed by atoms with Gasteiger partial charge in [-0.05, 0) is 57.9 Å². The van der Waals surface area contributed by atoms with Crippen LogP contribution in [-0.2, 0) is 15.5 Å². The van der Waals surface area contributed by atoms with Gasteiger partial charge in [0.1, 0.15) is 0 Å². The summed E-state index contributed by atoms with van der Waals surface area (Å²) in [6.07, 6.45) is -3.36. The number of aromatic carboxylic acids is 1. The zero-order valence-electron chi connectivity index (χ0n) is 15.9. The number of carboxylic acid groups (broad SMARTS) is 1. The SMILES string of the molecule is CNCC(=Cc1ccc(C(=O)O)cc1C(F)(F)F)B1OC(C)(C)C(C)(C)O1. The largest absolute Gasteiger partial charge is 0.491 e. The van der Waals surface area contributed by atoms with E-state index in [2.05, 4.69) is 5.32 Å². The van der Waals surface area contributed by atoms with Crippen LogP contribution < -0.4 is 5.32 Å². The third-order valence-electron chi connectivity index (χ3n) is 4.88. The van der Waals surface area contributed by atoms with Crippen LogP contribution in [0.15, 0.2) is 23.7 Å². The van der Waals surface area contributed by atoms with Gasteiger partial charge in [0.15, 0.2) is 0 Å². The Morgan fingerprint density at radius 1 is 1.22 bits per heavy atom. The zero-order chi connectivity index (χ0) is 20.6. The van der Waals surface area contributed by atoms with Crippen LogP contribution in [0.4, 0.5) is 13.2 Å². The fourth-order valence-electron chi connectivity index (χ4n) is 2.66. The van der Waals surface area contributed by atoms with E-state index < -0.39 is 41.6 Å². The van der Waals surface area contributed by atoms with Crippen molar-refractivity contribution in [1.29, 1.82) is 0 Å². The van der Waals surface area contributed by atoms with Crippen molar-refractivity contribution in [2.45, 2.75) is 45.1 Å². The highest BCUT2D eigenvalue weighted by Gasteiger charge is 2.52. The first-order chi connectivity index (χ1) is 12.3. The lowest BCUT2D eigenvalue weighted by molar-refractivity contribution is -0.137. The molecule has 1 aromatic rings. The molecule has 0 bridgehead atoms. The Balaban J connectivity index is 2.51. The maximum Gasteiger partial charge on any atom is 0.491 e. The lowest BCUT2D eigenvalue weighted by atomic mass is 9.76. The summed E-state index contributed by atoms with van der Waals surface area (Å²) in [5.74, 6) is -1.42. The molecule has 2 rings (SSSR count). The molecule has 0 atom stereocenters. The van der Waals surface area contributed by atoms with Crippen molar-refractivity contribution in [3.8, 4) is 0 Å². The molecule has 1 saturated heterocycles. The van der Waals surface area contributed by atoms with E-state index in [1.54, 1.807) is 7.05 Å². The Morgan fingerprint density at radius 2 is 1.78 bits per heavy atom. The van der Waals surface area contributed by atoms with E-state index in [-0.39, 0.29) is 12.1 Å². The average molecular weight is 385 g/mol. The summed E-state index contributed by atoms with van der Waals surface area (Å²) >= 11 is 0. The molecule has 1 aromatic carbocycles. The average Bonchev–Trinajstić information content (AvgIpc) is 2.74. The molecule has 1 fully saturated rings. The number of carbonyl (C=O) groups is 1. The van der Waals surface area contributed by atoms with E-state index >= 15 is 0 Å². The van der Waals surface area contributed by atoms with E-state index in [9.17, 15) is 18.0 Å². The molecule has 0 aromatic heterocycles. The standard InChI is InChI=1S/C18H23BF3NO4/c1-16(2)17(3,4)27-19(26-16)13(10-23-5)8-11-6-7-12(15(24)25)9-14(11)18(20,21)22/h6-9,23H,10H2,1-5H3,(H,24,25). The molecule has 0 aliphatic carbocycles. The molecule has 1 aliphatic heterocycles. The van der Waals surface area contributed by atoms with Crippen molar-refractivity contribution in [3.05, 3.63) is 40.4 Å². The minimum Gasteiger partial charge on any atom is -0.478 e. The highest BCUT2D eigenvalue weighted by molar-refractivity contribution is 6.56. The highest BCUT2D eigenvalue weighted by atomic mass is 19.4. The quantitative estimate of drug-likeness (QED) is 0.758. The van der Waals surface area contributed by atoms with Crippen LogP contribution in [0.2, 0.25) is 0 Å². The van der Waals surface area contributed by atoms with Gasteiger partial charge in [-0.1, -0.05) is 12.1 Å². The molecule has 1 aliphatic rings. The molecule has 0 radical (unpaired) electrons. The molecule has 9 heteroatoms. The van der Waals surface area contributed by atoms with Crippen molar-refractivity contribution >= 4 is 19.2 Å². The van der Waals surface area contributed by atoms with Gasteiger partial charge in [0, 0.05) is 6.54 Å². The van der Waals surface area contributed by atoms with Crippen LogP contribution in [0.25, 0.3) is 6.08 Å². The molecule has 0 spiro atoms. The van der Waals surface area contributed by atoms with Crippen LogP contribution in [0.1, 0.15) is 49.2 Å². The second-order valence-electron chi connectivity index (χ2n) is 7.44. The normalized spacial score (nSPS) is 19.4. The molecule has 148 valence electrons. The van der Waals surface area contributed by atoms with E-state index in [1.807, 2.05) is 27.7 Å². The van der Waals surface area contributed by atoms with E-state index in [4.69, 9.17) is 14.4 Å². The van der Waals surface area contributed by atoms with Crippen LogP contribution in [0.3, 0.4) is 0 Å². The number of likely N-dealkylation sites (N-methyl/N-ethyl adjacent to an activating group) is 1. The Morgan fingerprint density at radius 3 is 2.22 bits per heavy atom. The summed E-state index contributed by atoms with van der Waals surface area (Å²) < 4.78 is 52.2. The summed E-state index contributed by atoms with van der Waals surface area (Å²) in [6, 6.07) is 2.92. The van der Waals surface area contributed by atoms with Crippen molar-refractivity contribution in [2.24, 2.45) is 0 Å². The highest BCUT2D eigenvalue weighted by Crippen LogP contribution is 2.39. The maximum atomic E-state index is 13.5. The molecule has 0 amide bonds. The number of hydrogen-bond acceptors (Lipinski definition) is 4. The van der Waals surface area contributed by atoms with Crippen molar-refractivity contribution in [2.75, 3.05) is 13.6 Å². The number of hydrogen-bond donors (Lipinski definition) is 2. The number of nitrogens with one attached hydrogen (secondary N) is 1. The third-order valence-corrected chi connectivity index (χ3v) is 4.88. The summed E-state index contributed by atoms with van der Waals surface area (Å²) in [6.45, 7) is 7.66. The number of alkyl halides is 3. The summed E-state index contributed by atoms with van der Waals surface area (Å²) in [5, 5.41) is 11.9. The van der Waals surface area contributed by atoms with Gasteiger partial charge in [-0.25, -0.2) is 4.79 Å². The Bertz CT molecular complexity index is 743. The number of rotatable bonds is 5. The van der Waals surface area contributed by atoms with E-state index in [0.29, 0.717) is 11.5 Å². The topological polar surface area (TPSA) is 67.8 Å². The fourth-order valence-corrected chi connectivity index (χ4v) is 2.66. The molecule has 2 N–H and O–H groups in total. The zero-order valence-corrected chi connectivity index (χ0v) is 15.9. The molecule has 0 saturated carbocycles. The second kappa shape index (κ2) is 7.29. The van der Waals surface area contributed by atoms with Crippen LogP contribution >= 0.6 is 0 Å². The Labute approximate surface area is 156 Å². The predicted octanol–water partition coefficient (Wildman–Crippen LogP) is 3.64. The van der Waals surface area contributed by atoms with Gasteiger partial charge in [-0.3, -0.25) is 0 Å². The molecular weight excluding hydrogens is 362 g/mol. The lowest BCUT2D eigenvalue weighted by Crippen LogP contribution is -2.41. The van der Waals surface area contributed by atoms with Gasteiger partial charge >= 0.3 is 19.3 Å². The van der Waals surface area contributed by atoms with Crippen molar-refractivity contribution in [1.82, 2.24) is 5.32 Å². The number of halogens is 3. The second-order valence-corrected chi connectivity index (χ2v) is 7.44. The van der Waals surface area contributed by atoms with Gasteiger partial charge in [0.05, 0.1) is 22.3 Å². The third kappa shape index (κ3) is 4.53. The smallest absolute Gasteiger partial charge is 0.478 e. The van der Waals surface area contributed by atoms with Gasteiger partial charge in [0.2, 0.25) is 0 Å². The summed E-state index contributed by atoms with van der Waals surface area (Å²) in [4.78, 5) is 11.0. The number of benzene rings is 1. The number of carboxylic acids is 1. The first-order valence-corrected chi connectivity index (χ1v) is 8.44. The van der Waals surface area contributed by atoms with Crippen LogP contribution in [0, 0.1) is 0 Å². The Kier molecular flexibility index (Phi) is 5.80. The van der Waals surface area contributed by atoms with Gasteiger partial charge in [0.25, 0.3) is 0 Å². The minimum absolute atomic E-state index is 0.146. The lowest BCUT2D eigenvalue weighted by Gasteiger charge is -2.32. The van der Waals surface area contributed by atoms with Gasteiger partial charge < -0.3 is 19.7 Å². The van der Waals surface area contributed by atoms with Crippen LogP contribution in [0.5, 0.6) is 0 Å². The van der Waals surface area contributed by atoms with E-state index in [0.717, 1.165) is 12.1 Å². The first-order valence-electron chi connectivity index (χ1n) is 8.44. The Hall–Kier alpha value is -1.84. The monoisotopic (exact) mass is 385 g/mol. The van der Waals surface area contributed by atoms with Crippen molar-refractivity contribution in [3.63, 3.8) is 0 Å². The minimum atomic E-state index is -4.70. The molecule has 27 heavy (non-hydrogen) atoms. The summed E-state index contributed by atoms with van der Waals surface area (Å²) in [7, 11) is 0.847. The van der Waals surface area contributed by atoms with E-state index in [1.165, 1.54) is 6.08 Å². The van der Waals surface area contributed by atoms with Gasteiger partial charge in [-0.2, -0.15) is 13.2 Å². The fraction of sp³-hybridized carbons (Fsp3) is 0.500. The van der Waals surface area contributed by atoms with Crippen molar-refractivity contribution < 1.29 is 32.4 Å². The predicted molar refractivity (Wildman–Crippen MR) is 96.4 cm³/mol. The molecule has 0 unspecified atom stereocenters. The molecule has 5 nitrogen and oxygen atoms in total. The summed E-state index contributed by atoms with van der Waals surface area (Å²) in [5.41, 5.74) is -2.38. The maximum absolute atomic E-state index is 13.5. The molecular formula is C18H23BF3NO4. The van der Waals surface area contributed by atoms with Gasteiger partial charge in [-0.15, -0.1) is 0 Å². The van der Waals surface area contributed by atoms with Crippen LogP contribution in [-0.4, -0.2) is 43.0 Å². The molecule has 1 heterocycles.